The maximum atomic E-state index is 12.3. The summed E-state index contributed by atoms with van der Waals surface area (Å²) in [6.07, 6.45) is 2.81. The van der Waals surface area contributed by atoms with Crippen LogP contribution in [0, 0.1) is 0 Å². The van der Waals surface area contributed by atoms with Crippen LogP contribution in [-0.2, 0) is 13.0 Å². The zero-order valence-electron chi connectivity index (χ0n) is 14.7. The molecule has 2 heterocycles. The largest absolute Gasteiger partial charge is 0.347 e. The first-order valence-corrected chi connectivity index (χ1v) is 8.87. The maximum Gasteiger partial charge on any atom is 0.270 e. The molecular weight excluding hydrogens is 322 g/mol. The van der Waals surface area contributed by atoms with Crippen molar-refractivity contribution in [2.45, 2.75) is 25.9 Å². The molecule has 1 aromatic heterocycles. The molecule has 4 rings (SSSR count). The van der Waals surface area contributed by atoms with Crippen molar-refractivity contribution >= 4 is 17.3 Å². The number of hydrogen-bond acceptors (Lipinski definition) is 3. The van der Waals surface area contributed by atoms with E-state index in [-0.39, 0.29) is 5.91 Å². The Morgan fingerprint density at radius 3 is 2.62 bits per heavy atom. The smallest absolute Gasteiger partial charge is 0.270 e. The Morgan fingerprint density at radius 1 is 1.08 bits per heavy atom. The first kappa shape index (κ1) is 16.3. The van der Waals surface area contributed by atoms with Crippen molar-refractivity contribution in [1.29, 1.82) is 0 Å². The van der Waals surface area contributed by atoms with Gasteiger partial charge in [0.1, 0.15) is 5.69 Å². The van der Waals surface area contributed by atoms with Gasteiger partial charge in [-0.2, -0.15) is 0 Å². The molecule has 0 saturated heterocycles. The fourth-order valence-electron chi connectivity index (χ4n) is 3.49. The van der Waals surface area contributed by atoms with Crippen molar-refractivity contribution < 1.29 is 4.79 Å². The molecule has 1 aliphatic heterocycles. The molecule has 0 aliphatic carbocycles. The summed E-state index contributed by atoms with van der Waals surface area (Å²) in [6, 6.07) is 22.5. The van der Waals surface area contributed by atoms with Gasteiger partial charge in [0.05, 0.1) is 11.9 Å². The number of anilines is 2. The summed E-state index contributed by atoms with van der Waals surface area (Å²) in [7, 11) is 0. The van der Waals surface area contributed by atoms with E-state index in [0.717, 1.165) is 17.7 Å². The zero-order chi connectivity index (χ0) is 17.9. The predicted molar refractivity (Wildman–Crippen MR) is 104 cm³/mol. The Morgan fingerprint density at radius 2 is 1.85 bits per heavy atom. The summed E-state index contributed by atoms with van der Waals surface area (Å²) >= 11 is 0. The molecule has 0 saturated carbocycles. The van der Waals surface area contributed by atoms with Gasteiger partial charge in [0, 0.05) is 18.3 Å². The van der Waals surface area contributed by atoms with Gasteiger partial charge < -0.3 is 10.2 Å². The quantitative estimate of drug-likeness (QED) is 0.776. The van der Waals surface area contributed by atoms with E-state index in [0.29, 0.717) is 18.3 Å². The zero-order valence-corrected chi connectivity index (χ0v) is 14.7. The summed E-state index contributed by atoms with van der Waals surface area (Å²) in [5, 5.41) is 2.91. The van der Waals surface area contributed by atoms with E-state index in [1.54, 1.807) is 12.3 Å². The number of aromatic nitrogens is 1. The molecule has 1 N–H and O–H groups in total. The Hall–Kier alpha value is -3.14. The SMILES string of the molecule is CC1Cc2ccccc2N1c1ccc(C(=O)NCc2ccccc2)nc1. The molecule has 3 aromatic rings. The lowest BCUT2D eigenvalue weighted by atomic mass is 10.1. The second kappa shape index (κ2) is 7.00. The highest BCUT2D eigenvalue weighted by Crippen LogP contribution is 2.37. The van der Waals surface area contributed by atoms with Gasteiger partial charge in [-0.05, 0) is 42.7 Å². The lowest BCUT2D eigenvalue weighted by Gasteiger charge is -2.24. The van der Waals surface area contributed by atoms with Gasteiger partial charge >= 0.3 is 0 Å². The maximum absolute atomic E-state index is 12.3. The number of fused-ring (bicyclic) bond motifs is 1. The lowest BCUT2D eigenvalue weighted by molar-refractivity contribution is 0.0946. The third kappa shape index (κ3) is 3.18. The van der Waals surface area contributed by atoms with Crippen LogP contribution >= 0.6 is 0 Å². The van der Waals surface area contributed by atoms with Crippen LogP contribution in [0.5, 0.6) is 0 Å². The van der Waals surface area contributed by atoms with Crippen LogP contribution in [0.15, 0.2) is 72.9 Å². The minimum absolute atomic E-state index is 0.157. The fraction of sp³-hybridized carbons (Fsp3) is 0.182. The molecule has 0 bridgehead atoms. The number of nitrogens with one attached hydrogen (secondary N) is 1. The summed E-state index contributed by atoms with van der Waals surface area (Å²) in [4.78, 5) is 19.0. The second-order valence-corrected chi connectivity index (χ2v) is 6.62. The Bertz CT molecular complexity index is 906. The number of amides is 1. The molecule has 4 heteroatoms. The van der Waals surface area contributed by atoms with E-state index in [1.165, 1.54) is 11.3 Å². The molecular formula is C22H21N3O. The summed E-state index contributed by atoms with van der Waals surface area (Å²) in [5.41, 5.74) is 5.10. The van der Waals surface area contributed by atoms with Crippen molar-refractivity contribution in [3.63, 3.8) is 0 Å². The number of para-hydroxylation sites is 1. The average molecular weight is 343 g/mol. The van der Waals surface area contributed by atoms with Gasteiger partial charge in [0.15, 0.2) is 0 Å². The molecule has 26 heavy (non-hydrogen) atoms. The van der Waals surface area contributed by atoms with Crippen LogP contribution in [0.3, 0.4) is 0 Å². The Kier molecular flexibility index (Phi) is 4.40. The number of benzene rings is 2. The highest BCUT2D eigenvalue weighted by molar-refractivity contribution is 5.92. The van der Waals surface area contributed by atoms with Gasteiger partial charge in [0.2, 0.25) is 0 Å². The van der Waals surface area contributed by atoms with E-state index in [9.17, 15) is 4.79 Å². The van der Waals surface area contributed by atoms with Gasteiger partial charge in [-0.25, -0.2) is 4.98 Å². The van der Waals surface area contributed by atoms with Crippen LogP contribution in [-0.4, -0.2) is 16.9 Å². The van der Waals surface area contributed by atoms with Crippen LogP contribution in [0.2, 0.25) is 0 Å². The van der Waals surface area contributed by atoms with Crippen molar-refractivity contribution in [3.05, 3.63) is 89.7 Å². The van der Waals surface area contributed by atoms with Crippen molar-refractivity contribution in [2.24, 2.45) is 0 Å². The molecule has 1 unspecified atom stereocenters. The van der Waals surface area contributed by atoms with E-state index in [4.69, 9.17) is 0 Å². The van der Waals surface area contributed by atoms with Gasteiger partial charge in [-0.1, -0.05) is 48.5 Å². The Labute approximate surface area is 153 Å². The Balaban J connectivity index is 1.48. The highest BCUT2D eigenvalue weighted by atomic mass is 16.1. The monoisotopic (exact) mass is 343 g/mol. The summed E-state index contributed by atoms with van der Waals surface area (Å²) < 4.78 is 0. The fourth-order valence-corrected chi connectivity index (χ4v) is 3.49. The molecule has 0 radical (unpaired) electrons. The van der Waals surface area contributed by atoms with Crippen LogP contribution in [0.4, 0.5) is 11.4 Å². The van der Waals surface area contributed by atoms with E-state index >= 15 is 0 Å². The standard InChI is InChI=1S/C22H21N3O/c1-16-13-18-9-5-6-10-21(18)25(16)19-11-12-20(23-15-19)22(26)24-14-17-7-3-2-4-8-17/h2-12,15-16H,13-14H2,1H3,(H,24,26). The highest BCUT2D eigenvalue weighted by Gasteiger charge is 2.27. The third-order valence-electron chi connectivity index (χ3n) is 4.76. The van der Waals surface area contributed by atoms with E-state index < -0.39 is 0 Å². The first-order chi connectivity index (χ1) is 12.7. The predicted octanol–water partition coefficient (Wildman–Crippen LogP) is 4.09. The van der Waals surface area contributed by atoms with Crippen LogP contribution < -0.4 is 10.2 Å². The minimum Gasteiger partial charge on any atom is -0.347 e. The molecule has 1 amide bonds. The molecule has 2 aromatic carbocycles. The van der Waals surface area contributed by atoms with Crippen molar-refractivity contribution in [3.8, 4) is 0 Å². The van der Waals surface area contributed by atoms with Crippen molar-refractivity contribution in [2.75, 3.05) is 4.90 Å². The topological polar surface area (TPSA) is 45.2 Å². The molecule has 130 valence electrons. The van der Waals surface area contributed by atoms with Crippen LogP contribution in [0.25, 0.3) is 0 Å². The number of carbonyl (C=O) groups excluding carboxylic acids is 1. The second-order valence-electron chi connectivity index (χ2n) is 6.62. The lowest BCUT2D eigenvalue weighted by Crippen LogP contribution is -2.25. The normalized spacial score (nSPS) is 15.6. The average Bonchev–Trinajstić information content (AvgIpc) is 3.03. The molecule has 1 atom stereocenters. The van der Waals surface area contributed by atoms with Gasteiger partial charge in [0.25, 0.3) is 5.91 Å². The number of pyridine rings is 1. The van der Waals surface area contributed by atoms with E-state index in [2.05, 4.69) is 46.4 Å². The van der Waals surface area contributed by atoms with Crippen LogP contribution in [0.1, 0.15) is 28.5 Å². The first-order valence-electron chi connectivity index (χ1n) is 8.87. The summed E-state index contributed by atoms with van der Waals surface area (Å²) in [6.45, 7) is 2.71. The molecule has 4 nitrogen and oxygen atoms in total. The number of carbonyl (C=O) groups is 1. The number of nitrogens with zero attached hydrogens (tertiary/aromatic N) is 2. The summed E-state index contributed by atoms with van der Waals surface area (Å²) in [5.74, 6) is -0.157. The third-order valence-corrected chi connectivity index (χ3v) is 4.76. The number of rotatable bonds is 4. The molecule has 0 fully saturated rings. The van der Waals surface area contributed by atoms with Gasteiger partial charge in [-0.3, -0.25) is 4.79 Å². The number of hydrogen-bond donors (Lipinski definition) is 1. The van der Waals surface area contributed by atoms with Gasteiger partial charge in [-0.15, -0.1) is 0 Å². The van der Waals surface area contributed by atoms with E-state index in [1.807, 2.05) is 36.4 Å². The minimum atomic E-state index is -0.157. The van der Waals surface area contributed by atoms with Crippen molar-refractivity contribution in [1.82, 2.24) is 10.3 Å². The molecule has 1 aliphatic rings. The molecule has 0 spiro atoms.